The van der Waals surface area contributed by atoms with E-state index < -0.39 is 14.9 Å². The maximum atomic E-state index is 12.3. The second kappa shape index (κ2) is 6.89. The molecule has 0 aliphatic carbocycles. The van der Waals surface area contributed by atoms with Gasteiger partial charge in [0.15, 0.2) is 0 Å². The van der Waals surface area contributed by atoms with Gasteiger partial charge in [-0.15, -0.1) is 0 Å². The van der Waals surface area contributed by atoms with E-state index in [1.165, 1.54) is 18.2 Å². The van der Waals surface area contributed by atoms with E-state index in [0.717, 1.165) is 10.7 Å². The summed E-state index contributed by atoms with van der Waals surface area (Å²) in [5.41, 5.74) is 0.370. The molecule has 0 saturated carbocycles. The maximum absolute atomic E-state index is 12.3. The van der Waals surface area contributed by atoms with Crippen molar-refractivity contribution in [3.8, 4) is 0 Å². The largest absolute Gasteiger partial charge is 0.270 e. The fourth-order valence-corrected chi connectivity index (χ4v) is 3.35. The molecule has 128 valence electrons. The van der Waals surface area contributed by atoms with Crippen molar-refractivity contribution in [1.29, 1.82) is 0 Å². The zero-order valence-corrected chi connectivity index (χ0v) is 13.9. The molecule has 1 aromatic carbocycles. The van der Waals surface area contributed by atoms with E-state index >= 15 is 0 Å². The summed E-state index contributed by atoms with van der Waals surface area (Å²) in [4.78, 5) is 21.6. The van der Waals surface area contributed by atoms with Gasteiger partial charge in [-0.1, -0.05) is 6.07 Å². The van der Waals surface area contributed by atoms with Gasteiger partial charge in [-0.25, -0.2) is 17.8 Å². The van der Waals surface area contributed by atoms with Crippen LogP contribution in [0.15, 0.2) is 40.0 Å². The van der Waals surface area contributed by atoms with E-state index in [1.54, 1.807) is 19.9 Å². The Morgan fingerprint density at radius 2 is 1.96 bits per heavy atom. The Labute approximate surface area is 138 Å². The molecule has 0 fully saturated rings. The number of nitrogens with zero attached hydrogens (tertiary/aromatic N) is 3. The van der Waals surface area contributed by atoms with Crippen molar-refractivity contribution >= 4 is 15.7 Å². The molecule has 1 aromatic heterocycles. The second-order valence-corrected chi connectivity index (χ2v) is 6.88. The number of nitrogens with one attached hydrogen (secondary N) is 1. The van der Waals surface area contributed by atoms with E-state index in [9.17, 15) is 23.3 Å². The van der Waals surface area contributed by atoms with Gasteiger partial charge in [0, 0.05) is 24.7 Å². The van der Waals surface area contributed by atoms with Crippen LogP contribution in [0.3, 0.4) is 0 Å². The second-order valence-electron chi connectivity index (χ2n) is 5.14. The summed E-state index contributed by atoms with van der Waals surface area (Å²) in [5, 5.41) is 14.8. The Morgan fingerprint density at radius 1 is 1.25 bits per heavy atom. The Morgan fingerprint density at radius 3 is 2.62 bits per heavy atom. The Balaban J connectivity index is 2.17. The maximum Gasteiger partial charge on any atom is 0.270 e. The van der Waals surface area contributed by atoms with Crippen molar-refractivity contribution in [3.63, 3.8) is 0 Å². The summed E-state index contributed by atoms with van der Waals surface area (Å²) in [7, 11) is -3.94. The minimum Gasteiger partial charge on any atom is -0.268 e. The minimum atomic E-state index is -3.94. The topological polar surface area (TPSA) is 124 Å². The van der Waals surface area contributed by atoms with E-state index in [1.807, 2.05) is 0 Å². The number of nitro groups is 1. The highest BCUT2D eigenvalue weighted by atomic mass is 32.2. The Kier molecular flexibility index (Phi) is 5.10. The normalized spacial score (nSPS) is 11.4. The third kappa shape index (κ3) is 4.03. The average Bonchev–Trinajstić information content (AvgIpc) is 2.50. The predicted octanol–water partition coefficient (Wildman–Crippen LogP) is 0.747. The first kappa shape index (κ1) is 17.8. The first-order valence-corrected chi connectivity index (χ1v) is 8.48. The standard InChI is InChI=1S/C14H16N4O5S/c1-10-3-5-12(18(20)21)9-13(10)24(22,23)15-7-8-17-14(19)6-4-11(2)16-17/h3-6,9,15H,7-8H2,1-2H3. The summed E-state index contributed by atoms with van der Waals surface area (Å²) in [6.07, 6.45) is 0. The van der Waals surface area contributed by atoms with Crippen molar-refractivity contribution in [2.45, 2.75) is 25.3 Å². The fourth-order valence-electron chi connectivity index (χ4n) is 2.07. The fraction of sp³-hybridized carbons (Fsp3) is 0.286. The number of hydrogen-bond donors (Lipinski definition) is 1. The number of benzene rings is 1. The van der Waals surface area contributed by atoms with Gasteiger partial charge in [-0.3, -0.25) is 14.9 Å². The molecule has 0 radical (unpaired) electrons. The number of sulfonamides is 1. The lowest BCUT2D eigenvalue weighted by Crippen LogP contribution is -2.32. The number of aryl methyl sites for hydroxylation is 2. The molecule has 2 aromatic rings. The Bertz CT molecular complexity index is 936. The van der Waals surface area contributed by atoms with Gasteiger partial charge in [-0.05, 0) is 25.5 Å². The summed E-state index contributed by atoms with van der Waals surface area (Å²) in [6.45, 7) is 3.24. The molecule has 0 unspecified atom stereocenters. The Hall–Kier alpha value is -2.59. The summed E-state index contributed by atoms with van der Waals surface area (Å²) in [6, 6.07) is 6.54. The zero-order chi connectivity index (χ0) is 17.9. The van der Waals surface area contributed by atoms with Crippen molar-refractivity contribution in [2.24, 2.45) is 0 Å². The lowest BCUT2D eigenvalue weighted by atomic mass is 10.2. The van der Waals surface area contributed by atoms with Crippen LogP contribution in [-0.4, -0.2) is 29.7 Å². The number of nitro benzene ring substituents is 1. The number of hydrogen-bond acceptors (Lipinski definition) is 6. The molecule has 0 bridgehead atoms. The average molecular weight is 352 g/mol. The monoisotopic (exact) mass is 352 g/mol. The number of non-ortho nitro benzene ring substituents is 1. The first-order chi connectivity index (χ1) is 11.2. The van der Waals surface area contributed by atoms with Crippen LogP contribution in [0.1, 0.15) is 11.3 Å². The molecule has 1 heterocycles. The van der Waals surface area contributed by atoms with E-state index in [0.29, 0.717) is 11.3 Å². The van der Waals surface area contributed by atoms with Gasteiger partial charge in [0.25, 0.3) is 11.2 Å². The van der Waals surface area contributed by atoms with Crippen LogP contribution in [0.5, 0.6) is 0 Å². The van der Waals surface area contributed by atoms with E-state index in [4.69, 9.17) is 0 Å². The molecule has 0 atom stereocenters. The van der Waals surface area contributed by atoms with Crippen molar-refractivity contribution in [2.75, 3.05) is 6.54 Å². The van der Waals surface area contributed by atoms with Crippen LogP contribution in [0, 0.1) is 24.0 Å². The van der Waals surface area contributed by atoms with Gasteiger partial charge < -0.3 is 0 Å². The molecule has 0 saturated heterocycles. The summed E-state index contributed by atoms with van der Waals surface area (Å²) < 4.78 is 28.1. The van der Waals surface area contributed by atoms with Gasteiger partial charge in [0.1, 0.15) is 0 Å². The van der Waals surface area contributed by atoms with Crippen molar-refractivity contribution in [1.82, 2.24) is 14.5 Å². The molecular weight excluding hydrogens is 336 g/mol. The molecule has 0 aliphatic heterocycles. The SMILES string of the molecule is Cc1ccc(=O)n(CCNS(=O)(=O)c2cc([N+](=O)[O-])ccc2C)n1. The molecule has 0 spiro atoms. The van der Waals surface area contributed by atoms with Crippen molar-refractivity contribution < 1.29 is 13.3 Å². The van der Waals surface area contributed by atoms with Crippen LogP contribution < -0.4 is 10.3 Å². The zero-order valence-electron chi connectivity index (χ0n) is 13.1. The van der Waals surface area contributed by atoms with Crippen LogP contribution in [-0.2, 0) is 16.6 Å². The quantitative estimate of drug-likeness (QED) is 0.604. The van der Waals surface area contributed by atoms with Crippen molar-refractivity contribution in [3.05, 3.63) is 62.1 Å². The molecule has 10 heteroatoms. The predicted molar refractivity (Wildman–Crippen MR) is 86.3 cm³/mol. The first-order valence-electron chi connectivity index (χ1n) is 7.00. The van der Waals surface area contributed by atoms with E-state index in [-0.39, 0.29) is 29.2 Å². The number of rotatable bonds is 6. The smallest absolute Gasteiger partial charge is 0.268 e. The van der Waals surface area contributed by atoms with Crippen LogP contribution >= 0.6 is 0 Å². The molecule has 1 N–H and O–H groups in total. The molecule has 0 amide bonds. The summed E-state index contributed by atoms with van der Waals surface area (Å²) >= 11 is 0. The van der Waals surface area contributed by atoms with Gasteiger partial charge in [-0.2, -0.15) is 5.10 Å². The molecule has 9 nitrogen and oxygen atoms in total. The van der Waals surface area contributed by atoms with Crippen LogP contribution in [0.25, 0.3) is 0 Å². The van der Waals surface area contributed by atoms with Gasteiger partial charge in [0.2, 0.25) is 10.0 Å². The highest BCUT2D eigenvalue weighted by Gasteiger charge is 2.20. The minimum absolute atomic E-state index is 0.0493. The van der Waals surface area contributed by atoms with E-state index in [2.05, 4.69) is 9.82 Å². The summed E-state index contributed by atoms with van der Waals surface area (Å²) in [5.74, 6) is 0. The number of aromatic nitrogens is 2. The molecule has 2 rings (SSSR count). The molecule has 24 heavy (non-hydrogen) atoms. The highest BCUT2D eigenvalue weighted by molar-refractivity contribution is 7.89. The van der Waals surface area contributed by atoms with Crippen LogP contribution in [0.4, 0.5) is 5.69 Å². The lowest BCUT2D eigenvalue weighted by Gasteiger charge is -2.10. The van der Waals surface area contributed by atoms with Gasteiger partial charge in [0.05, 0.1) is 22.1 Å². The third-order valence-corrected chi connectivity index (χ3v) is 4.89. The highest BCUT2D eigenvalue weighted by Crippen LogP contribution is 2.21. The van der Waals surface area contributed by atoms with Crippen LogP contribution in [0.2, 0.25) is 0 Å². The van der Waals surface area contributed by atoms with Gasteiger partial charge >= 0.3 is 0 Å². The molecular formula is C14H16N4O5S. The lowest BCUT2D eigenvalue weighted by molar-refractivity contribution is -0.385. The molecule has 0 aliphatic rings. The third-order valence-electron chi connectivity index (χ3n) is 3.29.